The number of hydrogen-bond acceptors (Lipinski definition) is 4. The molecule has 0 rings (SSSR count). The minimum atomic E-state index is -1.30. The number of methoxy groups -OCH3 is 1. The number of hydrogen-bond donors (Lipinski definition) is 3. The second-order valence-corrected chi connectivity index (χ2v) is 4.90. The number of urea groups is 1. The largest absolute Gasteiger partial charge is 0.480 e. The summed E-state index contributed by atoms with van der Waals surface area (Å²) in [6.07, 6.45) is 1.24. The van der Waals surface area contributed by atoms with Crippen LogP contribution in [0.1, 0.15) is 40.0 Å². The Bertz CT molecular complexity index is 341. The Morgan fingerprint density at radius 1 is 1.32 bits per heavy atom. The summed E-state index contributed by atoms with van der Waals surface area (Å²) in [5.74, 6) is -1.98. The summed E-state index contributed by atoms with van der Waals surface area (Å²) in [7, 11) is 1.16. The van der Waals surface area contributed by atoms with E-state index in [0.717, 1.165) is 20.0 Å². The lowest BCUT2D eigenvalue weighted by Crippen LogP contribution is -2.53. The molecule has 3 N–H and O–H groups in total. The van der Waals surface area contributed by atoms with Crippen LogP contribution in [0.3, 0.4) is 0 Å². The Hall–Kier alpha value is -1.79. The molecule has 0 saturated carbocycles. The van der Waals surface area contributed by atoms with Crippen molar-refractivity contribution in [2.45, 2.75) is 51.6 Å². The summed E-state index contributed by atoms with van der Waals surface area (Å²) < 4.78 is 4.38. The van der Waals surface area contributed by atoms with Gasteiger partial charge in [0, 0.05) is 5.54 Å². The van der Waals surface area contributed by atoms with Gasteiger partial charge in [-0.2, -0.15) is 0 Å². The van der Waals surface area contributed by atoms with Crippen LogP contribution in [0.25, 0.3) is 0 Å². The predicted molar refractivity (Wildman–Crippen MR) is 68.7 cm³/mol. The first-order valence-corrected chi connectivity index (χ1v) is 6.10. The van der Waals surface area contributed by atoms with E-state index in [0.29, 0.717) is 0 Å². The van der Waals surface area contributed by atoms with Crippen LogP contribution >= 0.6 is 0 Å². The Morgan fingerprint density at radius 3 is 2.32 bits per heavy atom. The second kappa shape index (κ2) is 7.60. The maximum Gasteiger partial charge on any atom is 0.326 e. The van der Waals surface area contributed by atoms with Crippen LogP contribution in [0, 0.1) is 0 Å². The van der Waals surface area contributed by atoms with Crippen molar-refractivity contribution in [2.24, 2.45) is 0 Å². The highest BCUT2D eigenvalue weighted by molar-refractivity contribution is 5.86. The summed E-state index contributed by atoms with van der Waals surface area (Å²) in [4.78, 5) is 33.6. The zero-order chi connectivity index (χ0) is 15.1. The third-order valence-corrected chi connectivity index (χ3v) is 2.53. The number of carbonyl (C=O) groups is 3. The van der Waals surface area contributed by atoms with Crippen LogP contribution in [0.4, 0.5) is 4.79 Å². The minimum Gasteiger partial charge on any atom is -0.480 e. The van der Waals surface area contributed by atoms with Crippen LogP contribution in [-0.2, 0) is 14.3 Å². The number of carboxylic acids is 1. The van der Waals surface area contributed by atoms with Crippen molar-refractivity contribution >= 4 is 18.0 Å². The van der Waals surface area contributed by atoms with E-state index in [2.05, 4.69) is 15.4 Å². The van der Waals surface area contributed by atoms with Gasteiger partial charge in [-0.1, -0.05) is 13.3 Å². The van der Waals surface area contributed by atoms with Crippen molar-refractivity contribution in [1.29, 1.82) is 0 Å². The molecule has 0 heterocycles. The van der Waals surface area contributed by atoms with Gasteiger partial charge in [0.1, 0.15) is 6.04 Å². The van der Waals surface area contributed by atoms with Gasteiger partial charge in [0.05, 0.1) is 13.5 Å². The second-order valence-electron chi connectivity index (χ2n) is 4.90. The lowest BCUT2D eigenvalue weighted by Gasteiger charge is -2.26. The molecule has 0 aromatic carbocycles. The van der Waals surface area contributed by atoms with Crippen LogP contribution in [0.5, 0.6) is 0 Å². The number of esters is 1. The Balaban J connectivity index is 4.48. The fourth-order valence-electron chi connectivity index (χ4n) is 1.64. The molecule has 0 unspecified atom stereocenters. The molecule has 7 nitrogen and oxygen atoms in total. The first-order chi connectivity index (χ1) is 8.71. The van der Waals surface area contributed by atoms with Gasteiger partial charge >= 0.3 is 18.0 Å². The van der Waals surface area contributed by atoms with E-state index in [1.54, 1.807) is 0 Å². The first-order valence-electron chi connectivity index (χ1n) is 6.10. The molecule has 0 fully saturated rings. The third-order valence-electron chi connectivity index (χ3n) is 2.53. The molecule has 0 bridgehead atoms. The highest BCUT2D eigenvalue weighted by Gasteiger charge is 2.26. The molecule has 0 saturated heterocycles. The molecule has 0 spiro atoms. The molecule has 0 aromatic heterocycles. The number of aliphatic carboxylic acids is 1. The Labute approximate surface area is 112 Å². The monoisotopic (exact) mass is 274 g/mol. The van der Waals surface area contributed by atoms with Crippen LogP contribution in [0.2, 0.25) is 0 Å². The maximum absolute atomic E-state index is 11.7. The highest BCUT2D eigenvalue weighted by Crippen LogP contribution is 2.10. The summed E-state index contributed by atoms with van der Waals surface area (Å²) >= 11 is 0. The quantitative estimate of drug-likeness (QED) is 0.598. The van der Waals surface area contributed by atoms with Crippen molar-refractivity contribution in [3.63, 3.8) is 0 Å². The number of amides is 2. The maximum atomic E-state index is 11.7. The Kier molecular flexibility index (Phi) is 6.89. The van der Waals surface area contributed by atoms with Crippen molar-refractivity contribution in [3.05, 3.63) is 0 Å². The summed E-state index contributed by atoms with van der Waals surface area (Å²) in [5.41, 5.74) is -0.437. The van der Waals surface area contributed by atoms with Crippen molar-refractivity contribution in [1.82, 2.24) is 10.6 Å². The molecule has 2 amide bonds. The van der Waals surface area contributed by atoms with Gasteiger partial charge in [-0.15, -0.1) is 0 Å². The summed E-state index contributed by atoms with van der Waals surface area (Å²) in [6.45, 7) is 5.66. The lowest BCUT2D eigenvalue weighted by atomic mass is 9.99. The molecule has 0 aliphatic heterocycles. The van der Waals surface area contributed by atoms with Crippen LogP contribution in [-0.4, -0.2) is 41.8 Å². The molecule has 0 aliphatic rings. The van der Waals surface area contributed by atoms with Gasteiger partial charge < -0.3 is 20.5 Å². The van der Waals surface area contributed by atoms with Gasteiger partial charge in [-0.05, 0) is 20.3 Å². The normalized spacial score (nSPS) is 12.4. The molecule has 0 aromatic rings. The molecular formula is C12H22N2O5. The standard InChI is InChI=1S/C12H22N2O5/c1-5-6-12(2,3)14-11(18)13-8(10(16)17)7-9(15)19-4/h8H,5-7H2,1-4H3,(H,16,17)(H2,13,14,18)/t8-/m0/s1. The molecule has 0 aliphatic carbocycles. The van der Waals surface area contributed by atoms with Gasteiger partial charge in [-0.3, -0.25) is 4.79 Å². The van der Waals surface area contributed by atoms with Gasteiger partial charge in [0.25, 0.3) is 0 Å². The molecule has 7 heteroatoms. The van der Waals surface area contributed by atoms with Crippen LogP contribution < -0.4 is 10.6 Å². The summed E-state index contributed by atoms with van der Waals surface area (Å²) in [6, 6.07) is -1.92. The molecule has 0 radical (unpaired) electrons. The van der Waals surface area contributed by atoms with Crippen LogP contribution in [0.15, 0.2) is 0 Å². The number of ether oxygens (including phenoxy) is 1. The van der Waals surface area contributed by atoms with Gasteiger partial charge in [0.2, 0.25) is 0 Å². The Morgan fingerprint density at radius 2 is 1.89 bits per heavy atom. The SMILES string of the molecule is CCCC(C)(C)NC(=O)N[C@@H](CC(=O)OC)C(=O)O. The third kappa shape index (κ3) is 7.28. The van der Waals surface area contributed by atoms with E-state index in [-0.39, 0.29) is 0 Å². The number of carboxylic acid groups (broad SMARTS) is 1. The predicted octanol–water partition coefficient (Wildman–Crippen LogP) is 0.881. The topological polar surface area (TPSA) is 105 Å². The van der Waals surface area contributed by atoms with E-state index in [1.807, 2.05) is 20.8 Å². The highest BCUT2D eigenvalue weighted by atomic mass is 16.5. The number of rotatable bonds is 7. The molecule has 110 valence electrons. The van der Waals surface area contributed by atoms with Crippen molar-refractivity contribution in [3.8, 4) is 0 Å². The van der Waals surface area contributed by atoms with E-state index < -0.39 is 36.0 Å². The minimum absolute atomic E-state index is 0.409. The average Bonchev–Trinajstić information content (AvgIpc) is 2.26. The zero-order valence-electron chi connectivity index (χ0n) is 11.8. The number of carbonyl (C=O) groups excluding carboxylic acids is 2. The lowest BCUT2D eigenvalue weighted by molar-refractivity contribution is -0.147. The van der Waals surface area contributed by atoms with E-state index in [4.69, 9.17) is 5.11 Å². The number of nitrogens with one attached hydrogen (secondary N) is 2. The fraction of sp³-hybridized carbons (Fsp3) is 0.750. The average molecular weight is 274 g/mol. The smallest absolute Gasteiger partial charge is 0.326 e. The van der Waals surface area contributed by atoms with Crippen molar-refractivity contribution < 1.29 is 24.2 Å². The fourth-order valence-corrected chi connectivity index (χ4v) is 1.64. The van der Waals surface area contributed by atoms with Gasteiger partial charge in [0.15, 0.2) is 0 Å². The molecular weight excluding hydrogens is 252 g/mol. The van der Waals surface area contributed by atoms with E-state index in [9.17, 15) is 14.4 Å². The van der Waals surface area contributed by atoms with E-state index >= 15 is 0 Å². The van der Waals surface area contributed by atoms with Gasteiger partial charge in [-0.25, -0.2) is 9.59 Å². The van der Waals surface area contributed by atoms with E-state index in [1.165, 1.54) is 0 Å². The first kappa shape index (κ1) is 17.2. The van der Waals surface area contributed by atoms with Crippen molar-refractivity contribution in [2.75, 3.05) is 7.11 Å². The molecule has 19 heavy (non-hydrogen) atoms. The summed E-state index contributed by atoms with van der Waals surface area (Å²) in [5, 5.41) is 13.8. The zero-order valence-corrected chi connectivity index (χ0v) is 11.8. The molecule has 1 atom stereocenters.